The van der Waals surface area contributed by atoms with Gasteiger partial charge in [-0.25, -0.2) is 22.6 Å². The number of hydrogen-bond donors (Lipinski definition) is 1. The molecule has 0 bridgehead atoms. The summed E-state index contributed by atoms with van der Waals surface area (Å²) in [6.07, 6.45) is 2.78. The molecule has 0 spiro atoms. The van der Waals surface area contributed by atoms with Crippen LogP contribution in [0.5, 0.6) is 0 Å². The molecule has 1 aliphatic rings. The Kier molecular flexibility index (Phi) is 8.54. The van der Waals surface area contributed by atoms with E-state index in [1.54, 1.807) is 42.7 Å². The smallest absolute Gasteiger partial charge is 0.338 e. The second-order valence-electron chi connectivity index (χ2n) is 9.11. The lowest BCUT2D eigenvalue weighted by molar-refractivity contribution is -0.156. The molecule has 1 aliphatic heterocycles. The van der Waals surface area contributed by atoms with Crippen molar-refractivity contribution in [3.8, 4) is 11.3 Å². The van der Waals surface area contributed by atoms with E-state index in [2.05, 4.69) is 31.2 Å². The first-order valence-corrected chi connectivity index (χ1v) is 13.8. The van der Waals surface area contributed by atoms with E-state index in [4.69, 9.17) is 9.47 Å². The van der Waals surface area contributed by atoms with Crippen molar-refractivity contribution in [2.24, 2.45) is 5.92 Å². The molecule has 2 unspecified atom stereocenters. The van der Waals surface area contributed by atoms with Gasteiger partial charge in [-0.1, -0.05) is 42.1 Å². The van der Waals surface area contributed by atoms with Crippen molar-refractivity contribution in [1.82, 2.24) is 20.0 Å². The van der Waals surface area contributed by atoms with E-state index in [1.807, 2.05) is 13.0 Å². The Morgan fingerprint density at radius 3 is 2.55 bits per heavy atom. The zero-order valence-electron chi connectivity index (χ0n) is 20.8. The van der Waals surface area contributed by atoms with Crippen molar-refractivity contribution in [3.63, 3.8) is 0 Å². The quantitative estimate of drug-likeness (QED) is 0.212. The van der Waals surface area contributed by atoms with Gasteiger partial charge in [-0.3, -0.25) is 4.98 Å². The van der Waals surface area contributed by atoms with Crippen LogP contribution in [0.25, 0.3) is 11.3 Å². The highest BCUT2D eigenvalue weighted by atomic mass is 79.9. The van der Waals surface area contributed by atoms with Gasteiger partial charge in [0.25, 0.3) is 0 Å². The van der Waals surface area contributed by atoms with Crippen LogP contribution in [0.2, 0.25) is 0 Å². The second-order valence-corrected chi connectivity index (χ2v) is 11.2. The number of aliphatic hydroxyl groups excluding tert-OH is 1. The van der Waals surface area contributed by atoms with Crippen molar-refractivity contribution >= 4 is 33.7 Å². The standard InChI is InChI=1S/C27H22BrF3N4O4S/c1-14-24(35-12-21(33-34-35)16-7-19(29)23(31)20(30)8-16)25(39-26(37)15-5-3-2-4-6-15)22(13-36)38-27(14)40-18-9-17(28)10-32-11-18/h2-12,14,22,24-25,27,36H,13H2,1H3/t14?,22?,24-,25+,27-/m1/s1. The summed E-state index contributed by atoms with van der Waals surface area (Å²) in [5.74, 6) is -5.34. The number of hydrogen-bond acceptors (Lipinski definition) is 8. The number of pyridine rings is 1. The van der Waals surface area contributed by atoms with Crippen LogP contribution < -0.4 is 0 Å². The fourth-order valence-corrected chi connectivity index (χ4v) is 6.16. The third-order valence-corrected chi connectivity index (χ3v) is 8.14. The van der Waals surface area contributed by atoms with Crippen molar-refractivity contribution in [1.29, 1.82) is 0 Å². The van der Waals surface area contributed by atoms with Crippen LogP contribution in [0.1, 0.15) is 23.3 Å². The van der Waals surface area contributed by atoms with Crippen LogP contribution in [0, 0.1) is 23.4 Å². The normalized spacial score (nSPS) is 22.7. The SMILES string of the molecule is CC1[C@@H](Sc2cncc(Br)c2)OC(CO)[C@H](OC(=O)c2ccccc2)[C@@H]1n1cc(-c2cc(F)c(F)c(F)c2)nn1. The van der Waals surface area contributed by atoms with E-state index in [0.29, 0.717) is 5.56 Å². The Balaban J connectivity index is 1.52. The summed E-state index contributed by atoms with van der Waals surface area (Å²) >= 11 is 4.76. The van der Waals surface area contributed by atoms with E-state index in [1.165, 1.54) is 22.6 Å². The predicted molar refractivity (Wildman–Crippen MR) is 143 cm³/mol. The number of aromatic nitrogens is 4. The third kappa shape index (κ3) is 5.92. The molecule has 8 nitrogen and oxygen atoms in total. The number of rotatable bonds is 7. The van der Waals surface area contributed by atoms with Gasteiger partial charge in [0.1, 0.15) is 17.2 Å². The number of esters is 1. The number of aliphatic hydroxyl groups is 1. The Labute approximate surface area is 239 Å². The highest BCUT2D eigenvalue weighted by molar-refractivity contribution is 9.10. The topological polar surface area (TPSA) is 99.4 Å². The number of ether oxygens (including phenoxy) is 2. The highest BCUT2D eigenvalue weighted by Crippen LogP contribution is 2.43. The van der Waals surface area contributed by atoms with Crippen LogP contribution >= 0.6 is 27.7 Å². The number of thioether (sulfide) groups is 1. The largest absolute Gasteiger partial charge is 0.454 e. The van der Waals surface area contributed by atoms with Crippen molar-refractivity contribution < 1.29 is 32.5 Å². The Hall–Kier alpha value is -3.26. The summed E-state index contributed by atoms with van der Waals surface area (Å²) < 4.78 is 55.7. The predicted octanol–water partition coefficient (Wildman–Crippen LogP) is 5.43. The molecule has 1 N–H and O–H groups in total. The lowest BCUT2D eigenvalue weighted by Crippen LogP contribution is -2.53. The fraction of sp³-hybridized carbons (Fsp3) is 0.259. The fourth-order valence-electron chi connectivity index (χ4n) is 4.49. The first-order chi connectivity index (χ1) is 19.2. The van der Waals surface area contributed by atoms with Gasteiger partial charge in [0, 0.05) is 33.2 Å². The van der Waals surface area contributed by atoms with Gasteiger partial charge < -0.3 is 14.6 Å². The van der Waals surface area contributed by atoms with Gasteiger partial charge in [-0.2, -0.15) is 0 Å². The molecule has 5 rings (SSSR count). The van der Waals surface area contributed by atoms with E-state index in [0.717, 1.165) is 21.5 Å². The molecule has 4 aromatic rings. The summed E-state index contributed by atoms with van der Waals surface area (Å²) in [6, 6.07) is 11.1. The van der Waals surface area contributed by atoms with Crippen molar-refractivity contribution in [2.75, 3.05) is 6.61 Å². The first-order valence-electron chi connectivity index (χ1n) is 12.1. The van der Waals surface area contributed by atoms with Gasteiger partial charge in [0.2, 0.25) is 0 Å². The van der Waals surface area contributed by atoms with E-state index in [9.17, 15) is 23.1 Å². The minimum absolute atomic E-state index is 0.0231. The zero-order chi connectivity index (χ0) is 28.4. The molecule has 3 heterocycles. The summed E-state index contributed by atoms with van der Waals surface area (Å²) in [5, 5.41) is 18.5. The highest BCUT2D eigenvalue weighted by Gasteiger charge is 2.48. The Bertz CT molecular complexity index is 1490. The minimum Gasteiger partial charge on any atom is -0.454 e. The van der Waals surface area contributed by atoms with Gasteiger partial charge in [0.05, 0.1) is 24.4 Å². The lowest BCUT2D eigenvalue weighted by Gasteiger charge is -2.44. The molecule has 0 amide bonds. The van der Waals surface area contributed by atoms with Gasteiger partial charge >= 0.3 is 5.97 Å². The second kappa shape index (κ2) is 12.1. The molecule has 2 aromatic carbocycles. The van der Waals surface area contributed by atoms with Crippen molar-refractivity contribution in [2.45, 2.75) is 35.5 Å². The van der Waals surface area contributed by atoms with E-state index >= 15 is 0 Å². The molecule has 13 heteroatoms. The molecule has 1 saturated heterocycles. The zero-order valence-corrected chi connectivity index (χ0v) is 23.2. The molecule has 40 heavy (non-hydrogen) atoms. The number of carbonyl (C=O) groups is 1. The molecule has 208 valence electrons. The van der Waals surface area contributed by atoms with Crippen LogP contribution in [0.3, 0.4) is 0 Å². The molecule has 0 aliphatic carbocycles. The number of benzene rings is 2. The first kappa shape index (κ1) is 28.3. The Morgan fingerprint density at radius 2 is 1.88 bits per heavy atom. The van der Waals surface area contributed by atoms with Crippen LogP contribution in [0.4, 0.5) is 13.2 Å². The van der Waals surface area contributed by atoms with E-state index in [-0.39, 0.29) is 11.3 Å². The van der Waals surface area contributed by atoms with Crippen molar-refractivity contribution in [3.05, 3.63) is 94.6 Å². The maximum atomic E-state index is 13.9. The van der Waals surface area contributed by atoms with Gasteiger partial charge in [-0.15, -0.1) is 5.10 Å². The Morgan fingerprint density at radius 1 is 1.15 bits per heavy atom. The van der Waals surface area contributed by atoms with Gasteiger partial charge in [-0.05, 0) is 46.3 Å². The molecule has 0 saturated carbocycles. The molecular formula is C27H22BrF3N4O4S. The monoisotopic (exact) mass is 634 g/mol. The molecule has 2 aromatic heterocycles. The number of nitrogens with zero attached hydrogens (tertiary/aromatic N) is 4. The summed E-state index contributed by atoms with van der Waals surface area (Å²) in [7, 11) is 0. The minimum atomic E-state index is -1.59. The summed E-state index contributed by atoms with van der Waals surface area (Å²) in [5.41, 5.74) is -0.187. The lowest BCUT2D eigenvalue weighted by atomic mass is 9.90. The molecule has 5 atom stereocenters. The molecule has 0 radical (unpaired) electrons. The van der Waals surface area contributed by atoms with Crippen LogP contribution in [-0.4, -0.2) is 55.3 Å². The third-order valence-electron chi connectivity index (χ3n) is 6.44. The summed E-state index contributed by atoms with van der Waals surface area (Å²) in [4.78, 5) is 18.0. The molecular weight excluding hydrogens is 613 g/mol. The van der Waals surface area contributed by atoms with Crippen LogP contribution in [-0.2, 0) is 9.47 Å². The van der Waals surface area contributed by atoms with E-state index < -0.39 is 59.6 Å². The average molecular weight is 635 g/mol. The number of halogens is 4. The van der Waals surface area contributed by atoms with Crippen LogP contribution in [0.15, 0.2) is 76.5 Å². The van der Waals surface area contributed by atoms with Gasteiger partial charge in [0.15, 0.2) is 23.6 Å². The molecule has 1 fully saturated rings. The number of carbonyl (C=O) groups excluding carboxylic acids is 1. The maximum absolute atomic E-state index is 13.9. The maximum Gasteiger partial charge on any atom is 0.338 e. The average Bonchev–Trinajstić information content (AvgIpc) is 3.43. The summed E-state index contributed by atoms with van der Waals surface area (Å²) in [6.45, 7) is 1.39.